The number of rotatable bonds is 15. The van der Waals surface area contributed by atoms with Crippen LogP contribution in [-0.2, 0) is 14.3 Å². The van der Waals surface area contributed by atoms with Crippen LogP contribution < -0.4 is 10.5 Å². The topological polar surface area (TPSA) is 94.2 Å². The second-order valence-electron chi connectivity index (χ2n) is 8.76. The van der Waals surface area contributed by atoms with Crippen molar-refractivity contribution in [1.82, 2.24) is 4.90 Å². The number of allylic oxidation sites excluding steroid dienone is 1. The number of aromatic hydroxyl groups is 1. The number of nitrogens with two attached hydrogens (primary N) is 1. The number of nitrogens with zero attached hydrogens (tertiary/aromatic N) is 1. The van der Waals surface area contributed by atoms with Crippen LogP contribution in [0.25, 0.3) is 11.1 Å². The Morgan fingerprint density at radius 2 is 1.45 bits per heavy atom. The number of carbonyl (C=O) groups excluding carboxylic acids is 1. The van der Waals surface area contributed by atoms with Gasteiger partial charge in [-0.25, -0.2) is 0 Å². The highest BCUT2D eigenvalue weighted by molar-refractivity contribution is 5.98. The predicted molar refractivity (Wildman–Crippen MR) is 151 cm³/mol. The Morgan fingerprint density at radius 3 is 2.08 bits per heavy atom. The van der Waals surface area contributed by atoms with Crippen molar-refractivity contribution < 1.29 is 24.1 Å². The van der Waals surface area contributed by atoms with E-state index in [0.29, 0.717) is 39.5 Å². The molecule has 0 aliphatic heterocycles. The van der Waals surface area contributed by atoms with E-state index in [2.05, 4.69) is 19.1 Å². The first-order valence-corrected chi connectivity index (χ1v) is 12.9. The van der Waals surface area contributed by atoms with Crippen LogP contribution in [0.5, 0.6) is 11.5 Å². The third-order valence-electron chi connectivity index (χ3n) is 6.06. The molecule has 0 bridgehead atoms. The molecule has 0 radical (unpaired) electrons. The van der Waals surface area contributed by atoms with Gasteiger partial charge in [-0.15, -0.1) is 0 Å². The molecule has 0 aliphatic carbocycles. The van der Waals surface area contributed by atoms with Crippen molar-refractivity contribution in [2.75, 3.05) is 53.2 Å². The molecule has 7 nitrogen and oxygen atoms in total. The summed E-state index contributed by atoms with van der Waals surface area (Å²) < 4.78 is 16.5. The lowest BCUT2D eigenvalue weighted by atomic mass is 9.88. The number of hydrogen-bond donors (Lipinski definition) is 2. The highest BCUT2D eigenvalue weighted by Gasteiger charge is 2.14. The minimum atomic E-state index is -0.112. The maximum atomic E-state index is 12.2. The third kappa shape index (κ3) is 8.73. The molecule has 0 saturated heterocycles. The SMILES string of the molecule is CC/C(=C(/c1ccc(O)cc1)c1ccc(OCCN(C)C(=O)COCCOCCN)cc1)c1ccccc1. The molecule has 0 saturated carbocycles. The van der Waals surface area contributed by atoms with Crippen molar-refractivity contribution in [1.29, 1.82) is 0 Å². The van der Waals surface area contributed by atoms with E-state index >= 15 is 0 Å². The van der Waals surface area contributed by atoms with Crippen LogP contribution in [0.1, 0.15) is 30.0 Å². The molecule has 0 unspecified atom stereocenters. The van der Waals surface area contributed by atoms with E-state index in [4.69, 9.17) is 19.9 Å². The number of hydrogen-bond acceptors (Lipinski definition) is 6. The first-order chi connectivity index (χ1) is 18.5. The Balaban J connectivity index is 1.64. The van der Waals surface area contributed by atoms with Crippen molar-refractivity contribution in [2.24, 2.45) is 5.73 Å². The molecule has 202 valence electrons. The summed E-state index contributed by atoms with van der Waals surface area (Å²) >= 11 is 0. The fourth-order valence-electron chi connectivity index (χ4n) is 4.02. The number of likely N-dealkylation sites (N-methyl/N-ethyl adjacent to an activating group) is 1. The molecule has 0 spiro atoms. The van der Waals surface area contributed by atoms with Gasteiger partial charge in [0, 0.05) is 13.6 Å². The van der Waals surface area contributed by atoms with Crippen LogP contribution in [-0.4, -0.2) is 69.1 Å². The van der Waals surface area contributed by atoms with Gasteiger partial charge in [0.25, 0.3) is 0 Å². The van der Waals surface area contributed by atoms with Crippen LogP contribution in [0.2, 0.25) is 0 Å². The highest BCUT2D eigenvalue weighted by Crippen LogP contribution is 2.35. The summed E-state index contributed by atoms with van der Waals surface area (Å²) in [7, 11) is 1.73. The number of benzene rings is 3. The lowest BCUT2D eigenvalue weighted by Crippen LogP contribution is -2.34. The standard InChI is InChI=1S/C31H38N2O5/c1-3-29(24-7-5-4-6-8-24)31(25-9-13-27(34)14-10-25)26-11-15-28(16-12-26)38-20-18-33(2)30(35)23-37-22-21-36-19-17-32/h4-16,34H,3,17-23,32H2,1-2H3/b31-29+. The third-order valence-corrected chi connectivity index (χ3v) is 6.06. The Kier molecular flexibility index (Phi) is 11.8. The van der Waals surface area contributed by atoms with Gasteiger partial charge in [0.15, 0.2) is 0 Å². The summed E-state index contributed by atoms with van der Waals surface area (Å²) in [5, 5.41) is 9.82. The fourth-order valence-corrected chi connectivity index (χ4v) is 4.02. The minimum Gasteiger partial charge on any atom is -0.508 e. The number of phenolic OH excluding ortho intramolecular Hbond substituents is 1. The van der Waals surface area contributed by atoms with E-state index in [1.807, 2.05) is 54.6 Å². The Labute approximate surface area is 225 Å². The van der Waals surface area contributed by atoms with Gasteiger partial charge < -0.3 is 30.0 Å². The van der Waals surface area contributed by atoms with Gasteiger partial charge in [-0.2, -0.15) is 0 Å². The Hall–Kier alpha value is -3.65. The Bertz CT molecular complexity index is 1150. The molecule has 7 heteroatoms. The molecule has 0 fully saturated rings. The number of amides is 1. The van der Waals surface area contributed by atoms with Crippen molar-refractivity contribution in [3.63, 3.8) is 0 Å². The maximum absolute atomic E-state index is 12.2. The van der Waals surface area contributed by atoms with Gasteiger partial charge in [-0.05, 0) is 58.5 Å². The summed E-state index contributed by atoms with van der Waals surface area (Å²) in [6.07, 6.45) is 0.850. The van der Waals surface area contributed by atoms with Crippen LogP contribution in [0.3, 0.4) is 0 Å². The van der Waals surface area contributed by atoms with E-state index < -0.39 is 0 Å². The summed E-state index contributed by atoms with van der Waals surface area (Å²) in [6.45, 7) is 4.69. The predicted octanol–water partition coefficient (Wildman–Crippen LogP) is 4.59. The van der Waals surface area contributed by atoms with E-state index in [1.165, 1.54) is 5.57 Å². The van der Waals surface area contributed by atoms with Crippen molar-refractivity contribution in [2.45, 2.75) is 13.3 Å². The number of phenols is 1. The van der Waals surface area contributed by atoms with Crippen LogP contribution >= 0.6 is 0 Å². The molecule has 3 aromatic carbocycles. The number of ether oxygens (including phenoxy) is 3. The monoisotopic (exact) mass is 518 g/mol. The van der Waals surface area contributed by atoms with E-state index in [1.54, 1.807) is 24.1 Å². The molecule has 1 amide bonds. The van der Waals surface area contributed by atoms with E-state index in [0.717, 1.165) is 34.4 Å². The summed E-state index contributed by atoms with van der Waals surface area (Å²) in [4.78, 5) is 13.8. The molecule has 3 N–H and O–H groups in total. The van der Waals surface area contributed by atoms with Crippen molar-refractivity contribution in [3.8, 4) is 11.5 Å². The maximum Gasteiger partial charge on any atom is 0.248 e. The van der Waals surface area contributed by atoms with E-state index in [-0.39, 0.29) is 18.3 Å². The first kappa shape index (κ1) is 28.9. The Morgan fingerprint density at radius 1 is 0.816 bits per heavy atom. The molecule has 0 aromatic heterocycles. The van der Waals surface area contributed by atoms with Gasteiger partial charge in [0.1, 0.15) is 24.7 Å². The average Bonchev–Trinajstić information content (AvgIpc) is 2.95. The molecule has 0 aliphatic rings. The van der Waals surface area contributed by atoms with Gasteiger partial charge in [-0.3, -0.25) is 4.79 Å². The van der Waals surface area contributed by atoms with Crippen molar-refractivity contribution in [3.05, 3.63) is 95.6 Å². The molecule has 3 aromatic rings. The zero-order chi connectivity index (χ0) is 27.2. The molecule has 38 heavy (non-hydrogen) atoms. The lowest BCUT2D eigenvalue weighted by molar-refractivity contribution is -0.135. The van der Waals surface area contributed by atoms with Crippen LogP contribution in [0.15, 0.2) is 78.9 Å². The summed E-state index contributed by atoms with van der Waals surface area (Å²) in [5.74, 6) is 0.853. The quantitative estimate of drug-likeness (QED) is 0.226. The van der Waals surface area contributed by atoms with E-state index in [9.17, 15) is 9.90 Å². The molecule has 0 atom stereocenters. The highest BCUT2D eigenvalue weighted by atomic mass is 16.5. The van der Waals surface area contributed by atoms with Crippen LogP contribution in [0, 0.1) is 0 Å². The summed E-state index contributed by atoms with van der Waals surface area (Å²) in [5.41, 5.74) is 11.0. The fraction of sp³-hybridized carbons (Fsp3) is 0.323. The van der Waals surface area contributed by atoms with Gasteiger partial charge in [0.05, 0.1) is 26.4 Å². The van der Waals surface area contributed by atoms with Gasteiger partial charge >= 0.3 is 0 Å². The van der Waals surface area contributed by atoms with Gasteiger partial charge in [-0.1, -0.05) is 61.5 Å². The zero-order valence-electron chi connectivity index (χ0n) is 22.3. The second kappa shape index (κ2) is 15.6. The van der Waals surface area contributed by atoms with Gasteiger partial charge in [0.2, 0.25) is 5.91 Å². The lowest BCUT2D eigenvalue weighted by Gasteiger charge is -2.18. The normalized spacial score (nSPS) is 11.7. The smallest absolute Gasteiger partial charge is 0.248 e. The van der Waals surface area contributed by atoms with Crippen molar-refractivity contribution >= 4 is 17.1 Å². The number of carbonyl (C=O) groups is 1. The molecular weight excluding hydrogens is 480 g/mol. The second-order valence-corrected chi connectivity index (χ2v) is 8.76. The largest absolute Gasteiger partial charge is 0.508 e. The zero-order valence-corrected chi connectivity index (χ0v) is 22.3. The summed E-state index contributed by atoms with van der Waals surface area (Å²) in [6, 6.07) is 25.6. The molecular formula is C31H38N2O5. The first-order valence-electron chi connectivity index (χ1n) is 12.9. The van der Waals surface area contributed by atoms with Crippen LogP contribution in [0.4, 0.5) is 0 Å². The minimum absolute atomic E-state index is 0.00469. The molecule has 0 heterocycles. The molecule has 3 rings (SSSR count). The average molecular weight is 519 g/mol.